The smallest absolute Gasteiger partial charge is 0.339 e. The Morgan fingerprint density at radius 1 is 0.913 bits per heavy atom. The standard InChI is InChI=1S/C14H10N2O7/c17-10-4-8(14(22)23)11(18)3-7(10)12(19)16-9-5-15-2-1-6(9)13(20)21/h1-5,17-18H,(H,16,19)(H,20,21)(H,22,23). The topological polar surface area (TPSA) is 157 Å². The Hall–Kier alpha value is -3.62. The first-order valence-corrected chi connectivity index (χ1v) is 6.09. The van der Waals surface area contributed by atoms with Crippen molar-refractivity contribution in [3.8, 4) is 11.5 Å². The van der Waals surface area contributed by atoms with Crippen molar-refractivity contribution in [1.82, 2.24) is 4.98 Å². The molecule has 0 saturated carbocycles. The van der Waals surface area contributed by atoms with Crippen LogP contribution in [0.1, 0.15) is 31.1 Å². The average molecular weight is 318 g/mol. The van der Waals surface area contributed by atoms with E-state index in [2.05, 4.69) is 10.3 Å². The number of hydrogen-bond donors (Lipinski definition) is 5. The number of carboxylic acids is 2. The summed E-state index contributed by atoms with van der Waals surface area (Å²) in [6, 6.07) is 2.65. The summed E-state index contributed by atoms with van der Waals surface area (Å²) in [6.45, 7) is 0. The second-order valence-electron chi connectivity index (χ2n) is 4.37. The third-order valence-electron chi connectivity index (χ3n) is 2.89. The van der Waals surface area contributed by atoms with Crippen molar-refractivity contribution in [1.29, 1.82) is 0 Å². The lowest BCUT2D eigenvalue weighted by atomic mass is 10.1. The van der Waals surface area contributed by atoms with E-state index in [1.807, 2.05) is 0 Å². The first-order chi connectivity index (χ1) is 10.8. The molecule has 23 heavy (non-hydrogen) atoms. The van der Waals surface area contributed by atoms with Gasteiger partial charge >= 0.3 is 11.9 Å². The maximum Gasteiger partial charge on any atom is 0.339 e. The van der Waals surface area contributed by atoms with Crippen molar-refractivity contribution in [2.24, 2.45) is 0 Å². The van der Waals surface area contributed by atoms with E-state index in [1.165, 1.54) is 12.3 Å². The minimum atomic E-state index is -1.48. The monoisotopic (exact) mass is 318 g/mol. The van der Waals surface area contributed by atoms with E-state index in [1.54, 1.807) is 0 Å². The number of phenols is 2. The first kappa shape index (κ1) is 15.8. The van der Waals surface area contributed by atoms with Crippen LogP contribution < -0.4 is 5.32 Å². The van der Waals surface area contributed by atoms with Crippen molar-refractivity contribution in [3.63, 3.8) is 0 Å². The van der Waals surface area contributed by atoms with Crippen LogP contribution in [0.4, 0.5) is 5.69 Å². The number of amides is 1. The van der Waals surface area contributed by atoms with E-state index in [4.69, 9.17) is 10.2 Å². The Balaban J connectivity index is 2.38. The number of aromatic nitrogens is 1. The fourth-order valence-electron chi connectivity index (χ4n) is 1.80. The van der Waals surface area contributed by atoms with Crippen LogP contribution in [0, 0.1) is 0 Å². The highest BCUT2D eigenvalue weighted by molar-refractivity contribution is 6.09. The summed E-state index contributed by atoms with van der Waals surface area (Å²) in [6.07, 6.45) is 2.33. The zero-order valence-corrected chi connectivity index (χ0v) is 11.3. The quantitative estimate of drug-likeness (QED) is 0.525. The van der Waals surface area contributed by atoms with E-state index in [-0.39, 0.29) is 11.3 Å². The molecule has 0 spiro atoms. The summed E-state index contributed by atoms with van der Waals surface area (Å²) in [5.74, 6) is -5.12. The van der Waals surface area contributed by atoms with Crippen LogP contribution >= 0.6 is 0 Å². The van der Waals surface area contributed by atoms with Crippen LogP contribution in [0.15, 0.2) is 30.6 Å². The maximum atomic E-state index is 12.1. The van der Waals surface area contributed by atoms with Crippen LogP contribution in [0.25, 0.3) is 0 Å². The number of aromatic hydroxyl groups is 2. The fourth-order valence-corrected chi connectivity index (χ4v) is 1.80. The minimum Gasteiger partial charge on any atom is -0.507 e. The van der Waals surface area contributed by atoms with E-state index in [0.717, 1.165) is 12.3 Å². The molecule has 0 atom stereocenters. The molecule has 0 aliphatic rings. The van der Waals surface area contributed by atoms with Gasteiger partial charge in [-0.25, -0.2) is 9.59 Å². The molecular weight excluding hydrogens is 308 g/mol. The maximum absolute atomic E-state index is 12.1. The number of benzene rings is 1. The van der Waals surface area contributed by atoms with Gasteiger partial charge in [0.25, 0.3) is 5.91 Å². The number of aromatic carboxylic acids is 2. The highest BCUT2D eigenvalue weighted by Gasteiger charge is 2.20. The van der Waals surface area contributed by atoms with Crippen molar-refractivity contribution in [2.75, 3.05) is 5.32 Å². The number of carbonyl (C=O) groups is 3. The number of hydrogen-bond acceptors (Lipinski definition) is 6. The molecule has 0 bridgehead atoms. The zero-order valence-electron chi connectivity index (χ0n) is 11.3. The number of nitrogens with one attached hydrogen (secondary N) is 1. The second-order valence-corrected chi connectivity index (χ2v) is 4.37. The molecule has 1 amide bonds. The predicted octanol–water partition coefficient (Wildman–Crippen LogP) is 1.14. The third kappa shape index (κ3) is 3.18. The van der Waals surface area contributed by atoms with Gasteiger partial charge < -0.3 is 25.7 Å². The number of anilines is 1. The highest BCUT2D eigenvalue weighted by Crippen LogP contribution is 2.28. The minimum absolute atomic E-state index is 0.119. The summed E-state index contributed by atoms with van der Waals surface area (Å²) >= 11 is 0. The van der Waals surface area contributed by atoms with Crippen molar-refractivity contribution in [3.05, 3.63) is 47.3 Å². The van der Waals surface area contributed by atoms with Gasteiger partial charge in [0.1, 0.15) is 17.1 Å². The molecular formula is C14H10N2O7. The zero-order chi connectivity index (χ0) is 17.1. The van der Waals surface area contributed by atoms with Crippen molar-refractivity contribution >= 4 is 23.5 Å². The fraction of sp³-hybridized carbons (Fsp3) is 0. The van der Waals surface area contributed by atoms with Gasteiger partial charge in [0.2, 0.25) is 0 Å². The number of rotatable bonds is 4. The molecule has 9 nitrogen and oxygen atoms in total. The van der Waals surface area contributed by atoms with E-state index >= 15 is 0 Å². The van der Waals surface area contributed by atoms with E-state index in [0.29, 0.717) is 6.07 Å². The summed E-state index contributed by atoms with van der Waals surface area (Å²) in [7, 11) is 0. The Bertz CT molecular complexity index is 817. The molecule has 0 radical (unpaired) electrons. The summed E-state index contributed by atoms with van der Waals surface area (Å²) < 4.78 is 0. The molecule has 0 fully saturated rings. The Kier molecular flexibility index (Phi) is 4.12. The molecule has 5 N–H and O–H groups in total. The average Bonchev–Trinajstić information content (AvgIpc) is 2.49. The second kappa shape index (κ2) is 6.02. The number of nitrogens with zero attached hydrogens (tertiary/aromatic N) is 1. The Morgan fingerprint density at radius 3 is 2.09 bits per heavy atom. The van der Waals surface area contributed by atoms with Crippen LogP contribution in [0.5, 0.6) is 11.5 Å². The molecule has 2 rings (SSSR count). The van der Waals surface area contributed by atoms with E-state index < -0.39 is 40.5 Å². The van der Waals surface area contributed by atoms with Crippen LogP contribution in [-0.2, 0) is 0 Å². The lowest BCUT2D eigenvalue weighted by Gasteiger charge is -2.10. The van der Waals surface area contributed by atoms with Gasteiger partial charge in [-0.3, -0.25) is 9.78 Å². The predicted molar refractivity (Wildman–Crippen MR) is 75.9 cm³/mol. The van der Waals surface area contributed by atoms with Gasteiger partial charge in [-0.1, -0.05) is 0 Å². The first-order valence-electron chi connectivity index (χ1n) is 6.09. The van der Waals surface area contributed by atoms with Crippen LogP contribution in [0.3, 0.4) is 0 Å². The van der Waals surface area contributed by atoms with Crippen molar-refractivity contribution in [2.45, 2.75) is 0 Å². The van der Waals surface area contributed by atoms with Gasteiger partial charge in [-0.05, 0) is 18.2 Å². The highest BCUT2D eigenvalue weighted by atomic mass is 16.4. The SMILES string of the molecule is O=C(O)c1cc(O)c(C(=O)Nc2cnccc2C(=O)O)cc1O. The Labute approximate surface area is 128 Å². The molecule has 1 aromatic heterocycles. The van der Waals surface area contributed by atoms with Crippen molar-refractivity contribution < 1.29 is 34.8 Å². The number of carbonyl (C=O) groups excluding carboxylic acids is 1. The molecule has 9 heteroatoms. The van der Waals surface area contributed by atoms with Crippen LogP contribution in [-0.4, -0.2) is 43.3 Å². The number of phenolic OH excluding ortho intramolecular Hbond substituents is 1. The summed E-state index contributed by atoms with van der Waals surface area (Å²) in [5.41, 5.74) is -1.34. The molecule has 1 heterocycles. The molecule has 0 saturated heterocycles. The third-order valence-corrected chi connectivity index (χ3v) is 2.89. The van der Waals surface area contributed by atoms with Gasteiger partial charge in [0.15, 0.2) is 0 Å². The van der Waals surface area contributed by atoms with Crippen LogP contribution in [0.2, 0.25) is 0 Å². The lowest BCUT2D eigenvalue weighted by Crippen LogP contribution is -2.15. The van der Waals surface area contributed by atoms with Gasteiger partial charge in [-0.15, -0.1) is 0 Å². The van der Waals surface area contributed by atoms with Gasteiger partial charge in [-0.2, -0.15) is 0 Å². The molecule has 118 valence electrons. The van der Waals surface area contributed by atoms with Gasteiger partial charge in [0, 0.05) is 6.20 Å². The molecule has 0 unspecified atom stereocenters. The molecule has 0 aliphatic heterocycles. The lowest BCUT2D eigenvalue weighted by molar-refractivity contribution is 0.0684. The largest absolute Gasteiger partial charge is 0.507 e. The normalized spacial score (nSPS) is 10.1. The van der Waals surface area contributed by atoms with Gasteiger partial charge in [0.05, 0.1) is 23.0 Å². The molecule has 2 aromatic rings. The summed E-state index contributed by atoms with van der Waals surface area (Å²) in [5, 5.41) is 39.3. The molecule has 0 aliphatic carbocycles. The number of pyridine rings is 1. The van der Waals surface area contributed by atoms with E-state index in [9.17, 15) is 24.6 Å². The molecule has 1 aromatic carbocycles. The Morgan fingerprint density at radius 2 is 1.48 bits per heavy atom. The summed E-state index contributed by atoms with van der Waals surface area (Å²) in [4.78, 5) is 37.6. The number of carboxylic acid groups (broad SMARTS) is 2.